The van der Waals surface area contributed by atoms with E-state index in [-0.39, 0.29) is 17.4 Å². The molecule has 2 aliphatic rings. The minimum Gasteiger partial charge on any atom is -0.376 e. The van der Waals surface area contributed by atoms with Crippen LogP contribution in [0.1, 0.15) is 42.1 Å². The second kappa shape index (κ2) is 6.32. The van der Waals surface area contributed by atoms with Crippen molar-refractivity contribution in [2.45, 2.75) is 25.8 Å². The Morgan fingerprint density at radius 3 is 2.65 bits per heavy atom. The fourth-order valence-corrected chi connectivity index (χ4v) is 4.20. The molecule has 1 atom stereocenters. The molecule has 7 heteroatoms. The summed E-state index contributed by atoms with van der Waals surface area (Å²) in [6.07, 6.45) is 1.69. The summed E-state index contributed by atoms with van der Waals surface area (Å²) < 4.78 is 28.5. The van der Waals surface area contributed by atoms with Crippen molar-refractivity contribution < 1.29 is 13.6 Å². The van der Waals surface area contributed by atoms with Gasteiger partial charge in [0.05, 0.1) is 23.9 Å². The van der Waals surface area contributed by atoms with Gasteiger partial charge in [0.1, 0.15) is 16.6 Å². The summed E-state index contributed by atoms with van der Waals surface area (Å²) in [6.45, 7) is 4.39. The zero-order valence-electron chi connectivity index (χ0n) is 14.3. The van der Waals surface area contributed by atoms with Crippen molar-refractivity contribution in [3.63, 3.8) is 0 Å². The second-order valence-electron chi connectivity index (χ2n) is 6.61. The topological polar surface area (TPSA) is 54.0 Å². The van der Waals surface area contributed by atoms with Crippen molar-refractivity contribution in [1.29, 1.82) is 0 Å². The van der Waals surface area contributed by atoms with E-state index >= 15 is 0 Å². The number of benzene rings is 1. The molecule has 2 aromatic rings. The van der Waals surface area contributed by atoms with E-state index in [9.17, 15) is 13.6 Å². The number of dihydropyridines is 1. The fraction of sp³-hybridized carbons (Fsp3) is 0.263. The third-order valence-electron chi connectivity index (χ3n) is 4.54. The summed E-state index contributed by atoms with van der Waals surface area (Å²) in [7, 11) is 0. The van der Waals surface area contributed by atoms with Gasteiger partial charge < -0.3 is 10.6 Å². The number of carbonyl (C=O) groups is 1. The Labute approximate surface area is 153 Å². The number of hydrogen-bond donors (Lipinski definition) is 2. The number of halogens is 2. The highest BCUT2D eigenvalue weighted by molar-refractivity contribution is 7.11. The molecule has 0 bridgehead atoms. The normalized spacial score (nSPS) is 19.3. The van der Waals surface area contributed by atoms with Crippen LogP contribution in [0.5, 0.6) is 0 Å². The Morgan fingerprint density at radius 2 is 2.00 bits per heavy atom. The Kier molecular flexibility index (Phi) is 4.11. The lowest BCUT2D eigenvalue weighted by atomic mass is 9.94. The molecule has 1 aromatic heterocycles. The minimum atomic E-state index is -0.705. The van der Waals surface area contributed by atoms with Crippen molar-refractivity contribution >= 4 is 22.8 Å². The van der Waals surface area contributed by atoms with Gasteiger partial charge >= 0.3 is 0 Å². The van der Waals surface area contributed by atoms with Crippen molar-refractivity contribution in [1.82, 2.24) is 15.6 Å². The zero-order chi connectivity index (χ0) is 18.4. The molecular weight excluding hydrogens is 356 g/mol. The molecule has 1 aromatic carbocycles. The first-order valence-corrected chi connectivity index (χ1v) is 9.23. The van der Waals surface area contributed by atoms with Crippen molar-refractivity contribution in [2.24, 2.45) is 0 Å². The number of thiazole rings is 1. The monoisotopic (exact) mass is 373 g/mol. The van der Waals surface area contributed by atoms with Gasteiger partial charge in [0.2, 0.25) is 0 Å². The van der Waals surface area contributed by atoms with Gasteiger partial charge in [-0.25, -0.2) is 13.8 Å². The molecule has 1 amide bonds. The van der Waals surface area contributed by atoms with E-state index in [0.717, 1.165) is 5.69 Å². The van der Waals surface area contributed by atoms with Gasteiger partial charge in [-0.3, -0.25) is 4.79 Å². The molecule has 0 saturated heterocycles. The maximum absolute atomic E-state index is 14.3. The average molecular weight is 373 g/mol. The van der Waals surface area contributed by atoms with Crippen LogP contribution in [0.15, 0.2) is 40.9 Å². The summed E-state index contributed by atoms with van der Waals surface area (Å²) in [5.74, 6) is -1.19. The number of rotatable bonds is 3. The Bertz CT molecular complexity index is 941. The highest BCUT2D eigenvalue weighted by Crippen LogP contribution is 2.38. The van der Waals surface area contributed by atoms with Crippen molar-refractivity contribution in [2.75, 3.05) is 6.54 Å². The summed E-state index contributed by atoms with van der Waals surface area (Å²) in [4.78, 5) is 16.9. The van der Waals surface area contributed by atoms with Crippen LogP contribution in [0, 0.1) is 11.6 Å². The van der Waals surface area contributed by atoms with Gasteiger partial charge in [0.25, 0.3) is 5.91 Å². The number of nitrogens with zero attached hydrogens (tertiary/aromatic N) is 1. The van der Waals surface area contributed by atoms with E-state index in [0.29, 0.717) is 28.4 Å². The first-order valence-electron chi connectivity index (χ1n) is 8.35. The molecule has 2 aliphatic heterocycles. The predicted molar refractivity (Wildman–Crippen MR) is 96.5 cm³/mol. The molecule has 2 N–H and O–H groups in total. The van der Waals surface area contributed by atoms with Gasteiger partial charge in [0, 0.05) is 22.2 Å². The molecule has 4 nitrogen and oxygen atoms in total. The van der Waals surface area contributed by atoms with Crippen LogP contribution in [0.4, 0.5) is 8.78 Å². The van der Waals surface area contributed by atoms with Crippen LogP contribution in [0.2, 0.25) is 0 Å². The summed E-state index contributed by atoms with van der Waals surface area (Å²) >= 11 is 1.43. The Balaban J connectivity index is 1.84. The molecule has 26 heavy (non-hydrogen) atoms. The molecule has 1 unspecified atom stereocenters. The standard InChI is InChI=1S/C19H17F2N3OS/c1-9(2)15-8-26-19(24-15)10-6-13(17-11(20)4-3-5-12(17)21)23-14-7-22-18(25)16(10)14/h3-6,8-9,13,23H,7H2,1-2H3,(H,22,25). The predicted octanol–water partition coefficient (Wildman–Crippen LogP) is 3.66. The van der Waals surface area contributed by atoms with Gasteiger partial charge in [0.15, 0.2) is 0 Å². The number of nitrogens with one attached hydrogen (secondary N) is 2. The van der Waals surface area contributed by atoms with E-state index in [2.05, 4.69) is 15.6 Å². The molecule has 134 valence electrons. The van der Waals surface area contributed by atoms with Gasteiger partial charge in [-0.15, -0.1) is 11.3 Å². The number of aromatic nitrogens is 1. The van der Waals surface area contributed by atoms with E-state index in [1.807, 2.05) is 19.2 Å². The third-order valence-corrected chi connectivity index (χ3v) is 5.44. The first-order chi connectivity index (χ1) is 12.5. The fourth-order valence-electron chi connectivity index (χ4n) is 3.19. The molecule has 0 spiro atoms. The molecule has 3 heterocycles. The number of amides is 1. The maximum Gasteiger partial charge on any atom is 0.254 e. The van der Waals surface area contributed by atoms with Gasteiger partial charge in [-0.2, -0.15) is 0 Å². The quantitative estimate of drug-likeness (QED) is 0.863. The molecule has 4 rings (SSSR count). The van der Waals surface area contributed by atoms with E-state index in [1.54, 1.807) is 6.08 Å². The lowest BCUT2D eigenvalue weighted by molar-refractivity contribution is -0.116. The lowest BCUT2D eigenvalue weighted by Gasteiger charge is -2.25. The molecule has 0 radical (unpaired) electrons. The third kappa shape index (κ3) is 2.72. The second-order valence-corrected chi connectivity index (χ2v) is 7.46. The molecule has 0 fully saturated rings. The van der Waals surface area contributed by atoms with Crippen LogP contribution >= 0.6 is 11.3 Å². The average Bonchev–Trinajstić information content (AvgIpc) is 3.22. The first kappa shape index (κ1) is 16.9. The molecule has 0 aliphatic carbocycles. The zero-order valence-corrected chi connectivity index (χ0v) is 15.1. The van der Waals surface area contributed by atoms with E-state index < -0.39 is 17.7 Å². The number of hydrogen-bond acceptors (Lipinski definition) is 4. The van der Waals surface area contributed by atoms with Crippen molar-refractivity contribution in [3.05, 3.63) is 68.8 Å². The van der Waals surface area contributed by atoms with E-state index in [4.69, 9.17) is 0 Å². The minimum absolute atomic E-state index is 0.0588. The highest BCUT2D eigenvalue weighted by Gasteiger charge is 2.34. The van der Waals surface area contributed by atoms with Crippen LogP contribution < -0.4 is 10.6 Å². The Morgan fingerprint density at radius 1 is 1.27 bits per heavy atom. The highest BCUT2D eigenvalue weighted by atomic mass is 32.1. The molecule has 0 saturated carbocycles. The Hall–Kier alpha value is -2.54. The molecular formula is C19H17F2N3OS. The van der Waals surface area contributed by atoms with Crippen LogP contribution in [-0.2, 0) is 4.79 Å². The SMILES string of the molecule is CC(C)c1csc(C2=CC(c3c(F)cccc3F)NC3=C2C(=O)NC3)n1. The summed E-state index contributed by atoms with van der Waals surface area (Å²) in [5.41, 5.74) is 2.64. The largest absolute Gasteiger partial charge is 0.376 e. The van der Waals surface area contributed by atoms with Crippen LogP contribution in [-0.4, -0.2) is 17.4 Å². The van der Waals surface area contributed by atoms with Crippen LogP contribution in [0.25, 0.3) is 5.57 Å². The smallest absolute Gasteiger partial charge is 0.254 e. The van der Waals surface area contributed by atoms with E-state index in [1.165, 1.54) is 29.5 Å². The van der Waals surface area contributed by atoms with Gasteiger partial charge in [-0.1, -0.05) is 19.9 Å². The summed E-state index contributed by atoms with van der Waals surface area (Å²) in [5, 5.41) is 8.49. The van der Waals surface area contributed by atoms with Crippen molar-refractivity contribution in [3.8, 4) is 0 Å². The number of carbonyl (C=O) groups excluding carboxylic acids is 1. The lowest BCUT2D eigenvalue weighted by Crippen LogP contribution is -2.27. The maximum atomic E-state index is 14.3. The summed E-state index contributed by atoms with van der Waals surface area (Å²) in [6, 6.07) is 3.10. The van der Waals surface area contributed by atoms with Crippen LogP contribution in [0.3, 0.4) is 0 Å². The van der Waals surface area contributed by atoms with Gasteiger partial charge in [-0.05, 0) is 24.1 Å².